The molecule has 0 unspecified atom stereocenters. The number of aromatic nitrogens is 4. The third-order valence-corrected chi connectivity index (χ3v) is 4.21. The van der Waals surface area contributed by atoms with Crippen molar-refractivity contribution in [2.24, 2.45) is 0 Å². The first-order valence-corrected chi connectivity index (χ1v) is 7.42. The van der Waals surface area contributed by atoms with Gasteiger partial charge < -0.3 is 14.8 Å². The summed E-state index contributed by atoms with van der Waals surface area (Å²) in [6.07, 6.45) is 4.22. The van der Waals surface area contributed by atoms with Gasteiger partial charge in [-0.3, -0.25) is 4.79 Å². The van der Waals surface area contributed by atoms with Gasteiger partial charge in [-0.2, -0.15) is 8.78 Å². The predicted molar refractivity (Wildman–Crippen MR) is 80.3 cm³/mol. The molecule has 124 valence electrons. The van der Waals surface area contributed by atoms with Crippen LogP contribution in [0, 0.1) is 0 Å². The number of alkyl halides is 2. The van der Waals surface area contributed by atoms with Gasteiger partial charge in [0.05, 0.1) is 6.33 Å². The molecule has 23 heavy (non-hydrogen) atoms. The topological polar surface area (TPSA) is 78.0 Å². The number of amides is 1. The molecule has 0 aromatic carbocycles. The number of fused-ring (bicyclic) bond motifs is 1. The second-order valence-corrected chi connectivity index (χ2v) is 5.82. The molecule has 7 nitrogen and oxygen atoms in total. The van der Waals surface area contributed by atoms with Crippen molar-refractivity contribution in [2.45, 2.75) is 31.7 Å². The van der Waals surface area contributed by atoms with Gasteiger partial charge >= 0.3 is 5.92 Å². The Kier molecular flexibility index (Phi) is 3.87. The van der Waals surface area contributed by atoms with Crippen LogP contribution in [0.2, 0.25) is 0 Å². The van der Waals surface area contributed by atoms with Gasteiger partial charge in [-0.1, -0.05) is 0 Å². The SMILES string of the molecule is CN(c1ncnc2nc[nH]c12)C1CCN(C(=O)C(C)(F)F)CC1. The fourth-order valence-electron chi connectivity index (χ4n) is 2.93. The van der Waals surface area contributed by atoms with Gasteiger partial charge in [-0.15, -0.1) is 0 Å². The van der Waals surface area contributed by atoms with E-state index in [2.05, 4.69) is 19.9 Å². The standard InChI is InChI=1S/C14H18F2N6O/c1-14(15,16)13(23)22-5-3-9(4-6-22)21(2)12-10-11(18-7-17-10)19-8-20-12/h7-9H,3-6H2,1-2H3,(H,17,18,19,20). The van der Waals surface area contributed by atoms with E-state index >= 15 is 0 Å². The summed E-state index contributed by atoms with van der Waals surface area (Å²) in [5.41, 5.74) is 1.33. The summed E-state index contributed by atoms with van der Waals surface area (Å²) in [7, 11) is 1.90. The molecular weight excluding hydrogens is 306 g/mol. The number of likely N-dealkylation sites (tertiary alicyclic amines) is 1. The van der Waals surface area contributed by atoms with Crippen molar-refractivity contribution in [2.75, 3.05) is 25.0 Å². The molecule has 0 radical (unpaired) electrons. The zero-order valence-corrected chi connectivity index (χ0v) is 13.0. The summed E-state index contributed by atoms with van der Waals surface area (Å²) in [4.78, 5) is 30.3. The number of halogens is 2. The van der Waals surface area contributed by atoms with Gasteiger partial charge in [0, 0.05) is 33.1 Å². The largest absolute Gasteiger partial charge is 0.355 e. The first-order valence-electron chi connectivity index (χ1n) is 7.42. The molecule has 9 heteroatoms. The van der Waals surface area contributed by atoms with E-state index < -0.39 is 11.8 Å². The molecule has 2 aromatic heterocycles. The van der Waals surface area contributed by atoms with Gasteiger partial charge in [0.2, 0.25) is 0 Å². The number of hydrogen-bond acceptors (Lipinski definition) is 5. The van der Waals surface area contributed by atoms with Gasteiger partial charge in [0.1, 0.15) is 11.8 Å². The van der Waals surface area contributed by atoms with Crippen molar-refractivity contribution in [3.63, 3.8) is 0 Å². The molecule has 0 saturated carbocycles. The quantitative estimate of drug-likeness (QED) is 0.924. The van der Waals surface area contributed by atoms with Crippen molar-refractivity contribution in [1.82, 2.24) is 24.8 Å². The Balaban J connectivity index is 1.70. The normalized spacial score (nSPS) is 16.8. The number of carbonyl (C=O) groups excluding carboxylic acids is 1. The predicted octanol–water partition coefficient (Wildman–Crippen LogP) is 1.44. The van der Waals surface area contributed by atoms with Crippen molar-refractivity contribution in [3.8, 4) is 0 Å². The van der Waals surface area contributed by atoms with Crippen LogP contribution in [-0.2, 0) is 4.79 Å². The van der Waals surface area contributed by atoms with E-state index in [1.54, 1.807) is 6.33 Å². The van der Waals surface area contributed by atoms with Crippen LogP contribution in [0.4, 0.5) is 14.6 Å². The molecule has 1 aliphatic heterocycles. The summed E-state index contributed by atoms with van der Waals surface area (Å²) >= 11 is 0. The molecule has 0 aliphatic carbocycles. The van der Waals surface area contributed by atoms with E-state index in [4.69, 9.17) is 0 Å². The smallest absolute Gasteiger partial charge is 0.322 e. The molecule has 1 aliphatic rings. The second-order valence-electron chi connectivity index (χ2n) is 5.82. The minimum atomic E-state index is -3.31. The number of carbonyl (C=O) groups is 1. The Morgan fingerprint density at radius 3 is 2.70 bits per heavy atom. The van der Waals surface area contributed by atoms with Crippen LogP contribution in [0.5, 0.6) is 0 Å². The number of aromatic amines is 1. The summed E-state index contributed by atoms with van der Waals surface area (Å²) in [5.74, 6) is -3.69. The molecule has 0 atom stereocenters. The average molecular weight is 324 g/mol. The summed E-state index contributed by atoms with van der Waals surface area (Å²) in [5, 5.41) is 0. The van der Waals surface area contributed by atoms with E-state index in [1.165, 1.54) is 11.2 Å². The number of nitrogens with one attached hydrogen (secondary N) is 1. The zero-order chi connectivity index (χ0) is 16.6. The Bertz CT molecular complexity index is 705. The summed E-state index contributed by atoms with van der Waals surface area (Å²) in [6.45, 7) is 1.27. The Hall–Kier alpha value is -2.32. The highest BCUT2D eigenvalue weighted by molar-refractivity contribution is 5.83. The summed E-state index contributed by atoms with van der Waals surface area (Å²) < 4.78 is 26.3. The first kappa shape index (κ1) is 15.6. The molecule has 1 saturated heterocycles. The van der Waals surface area contributed by atoms with Gasteiger partial charge in [0.15, 0.2) is 11.5 Å². The lowest BCUT2D eigenvalue weighted by Gasteiger charge is -2.37. The number of rotatable bonds is 3. The van der Waals surface area contributed by atoms with Crippen molar-refractivity contribution >= 4 is 22.9 Å². The van der Waals surface area contributed by atoms with E-state index in [-0.39, 0.29) is 6.04 Å². The monoisotopic (exact) mass is 324 g/mol. The summed E-state index contributed by atoms with van der Waals surface area (Å²) in [6, 6.07) is 0.117. The Morgan fingerprint density at radius 1 is 1.35 bits per heavy atom. The maximum absolute atomic E-state index is 13.1. The number of imidazole rings is 1. The van der Waals surface area contributed by atoms with Crippen LogP contribution < -0.4 is 4.90 Å². The van der Waals surface area contributed by atoms with Crippen LogP contribution in [0.1, 0.15) is 19.8 Å². The van der Waals surface area contributed by atoms with Gasteiger partial charge in [-0.05, 0) is 12.8 Å². The lowest BCUT2D eigenvalue weighted by atomic mass is 10.0. The number of nitrogens with zero attached hydrogens (tertiary/aromatic N) is 5. The van der Waals surface area contributed by atoms with Crippen LogP contribution in [-0.4, -0.2) is 62.8 Å². The fourth-order valence-corrected chi connectivity index (χ4v) is 2.93. The molecule has 1 N–H and O–H groups in total. The zero-order valence-electron chi connectivity index (χ0n) is 13.0. The molecule has 2 aromatic rings. The minimum Gasteiger partial charge on any atom is -0.355 e. The average Bonchev–Trinajstić information content (AvgIpc) is 3.01. The van der Waals surface area contributed by atoms with Crippen molar-refractivity contribution < 1.29 is 13.6 Å². The Labute approximate surface area is 131 Å². The number of piperidine rings is 1. The maximum atomic E-state index is 13.1. The number of hydrogen-bond donors (Lipinski definition) is 1. The molecule has 3 heterocycles. The van der Waals surface area contributed by atoms with Crippen LogP contribution in [0.25, 0.3) is 11.2 Å². The number of H-pyrrole nitrogens is 1. The van der Waals surface area contributed by atoms with Crippen LogP contribution in [0.15, 0.2) is 12.7 Å². The highest BCUT2D eigenvalue weighted by Gasteiger charge is 2.38. The van der Waals surface area contributed by atoms with Crippen molar-refractivity contribution in [1.29, 1.82) is 0 Å². The maximum Gasteiger partial charge on any atom is 0.322 e. The fraction of sp³-hybridized carbons (Fsp3) is 0.571. The number of anilines is 1. The van der Waals surface area contributed by atoms with E-state index in [0.717, 1.165) is 11.3 Å². The third-order valence-electron chi connectivity index (χ3n) is 4.21. The highest BCUT2D eigenvalue weighted by atomic mass is 19.3. The lowest BCUT2D eigenvalue weighted by Crippen LogP contribution is -2.50. The minimum absolute atomic E-state index is 0.117. The van der Waals surface area contributed by atoms with E-state index in [9.17, 15) is 13.6 Å². The highest BCUT2D eigenvalue weighted by Crippen LogP contribution is 2.26. The van der Waals surface area contributed by atoms with Crippen LogP contribution in [0.3, 0.4) is 0 Å². The molecule has 1 fully saturated rings. The first-order chi connectivity index (χ1) is 10.9. The molecule has 1 amide bonds. The second kappa shape index (κ2) is 5.71. The molecular formula is C14H18F2N6O. The third kappa shape index (κ3) is 2.95. The lowest BCUT2D eigenvalue weighted by molar-refractivity contribution is -0.155. The van der Waals surface area contributed by atoms with E-state index in [0.29, 0.717) is 38.5 Å². The molecule has 0 bridgehead atoms. The van der Waals surface area contributed by atoms with Gasteiger partial charge in [-0.25, -0.2) is 15.0 Å². The molecule has 3 rings (SSSR count). The van der Waals surface area contributed by atoms with Crippen LogP contribution >= 0.6 is 0 Å². The molecule has 0 spiro atoms. The van der Waals surface area contributed by atoms with E-state index in [1.807, 2.05) is 11.9 Å². The van der Waals surface area contributed by atoms with Crippen molar-refractivity contribution in [3.05, 3.63) is 12.7 Å². The van der Waals surface area contributed by atoms with Gasteiger partial charge in [0.25, 0.3) is 5.91 Å². The Morgan fingerprint density at radius 2 is 2.04 bits per heavy atom.